The Kier molecular flexibility index (Phi) is 4.90. The molecule has 1 aromatic heterocycles. The Morgan fingerprint density at radius 1 is 1.33 bits per heavy atom. The summed E-state index contributed by atoms with van der Waals surface area (Å²) >= 11 is 0. The fourth-order valence-corrected chi connectivity index (χ4v) is 1.05. The van der Waals surface area contributed by atoms with Crippen molar-refractivity contribution in [1.29, 1.82) is 0 Å². The molecule has 1 rings (SSSR count). The third-order valence-electron chi connectivity index (χ3n) is 1.95. The minimum Gasteiger partial charge on any atom is -0.475 e. The lowest BCUT2D eigenvalue weighted by atomic mass is 10.3. The minimum atomic E-state index is 0.509. The second-order valence-corrected chi connectivity index (χ2v) is 3.34. The Hall–Kier alpha value is -1.29. The van der Waals surface area contributed by atoms with Gasteiger partial charge in [-0.1, -0.05) is 6.92 Å². The van der Waals surface area contributed by atoms with Gasteiger partial charge in [0, 0.05) is 24.6 Å². The Morgan fingerprint density at radius 2 is 2.13 bits per heavy atom. The Labute approximate surface area is 90.4 Å². The van der Waals surface area contributed by atoms with Crippen LogP contribution in [0.2, 0.25) is 0 Å². The summed E-state index contributed by atoms with van der Waals surface area (Å²) in [6, 6.07) is 1.73. The minimum absolute atomic E-state index is 0.509. The number of hydrogen-bond donors (Lipinski definition) is 1. The number of nitrogen functional groups attached to an aromatic ring is 1. The van der Waals surface area contributed by atoms with Gasteiger partial charge in [0.2, 0.25) is 5.88 Å². The number of ether oxygens (including phenoxy) is 2. The number of nitrogens with zero attached hydrogens (tertiary/aromatic N) is 1. The van der Waals surface area contributed by atoms with E-state index in [1.165, 1.54) is 0 Å². The summed E-state index contributed by atoms with van der Waals surface area (Å²) in [5.41, 5.74) is 7.39. The molecule has 0 aliphatic heterocycles. The highest BCUT2D eigenvalue weighted by molar-refractivity contribution is 5.46. The predicted octanol–water partition coefficient (Wildman–Crippen LogP) is 1.78. The molecular weight excluding hydrogens is 192 g/mol. The molecule has 4 heteroatoms. The summed E-state index contributed by atoms with van der Waals surface area (Å²) in [6.07, 6.45) is 2.73. The van der Waals surface area contributed by atoms with Crippen LogP contribution in [-0.4, -0.2) is 24.8 Å². The summed E-state index contributed by atoms with van der Waals surface area (Å²) in [5, 5.41) is 0. The topological polar surface area (TPSA) is 57.4 Å². The van der Waals surface area contributed by atoms with Crippen molar-refractivity contribution in [2.24, 2.45) is 0 Å². The van der Waals surface area contributed by atoms with E-state index in [0.29, 0.717) is 24.8 Å². The average molecular weight is 210 g/mol. The van der Waals surface area contributed by atoms with Gasteiger partial charge >= 0.3 is 0 Å². The molecule has 0 fully saturated rings. The molecule has 0 saturated carbocycles. The van der Waals surface area contributed by atoms with Gasteiger partial charge in [-0.25, -0.2) is 4.98 Å². The largest absolute Gasteiger partial charge is 0.475 e. The first-order chi connectivity index (χ1) is 7.24. The van der Waals surface area contributed by atoms with E-state index in [4.69, 9.17) is 15.2 Å². The van der Waals surface area contributed by atoms with Gasteiger partial charge in [-0.3, -0.25) is 0 Å². The van der Waals surface area contributed by atoms with E-state index in [-0.39, 0.29) is 0 Å². The van der Waals surface area contributed by atoms with Crippen LogP contribution in [0.4, 0.5) is 5.69 Å². The van der Waals surface area contributed by atoms with E-state index in [9.17, 15) is 0 Å². The molecule has 0 aromatic carbocycles. The zero-order valence-electron chi connectivity index (χ0n) is 9.32. The molecule has 0 radical (unpaired) electrons. The van der Waals surface area contributed by atoms with E-state index in [1.807, 2.05) is 6.92 Å². The van der Waals surface area contributed by atoms with Crippen LogP contribution < -0.4 is 10.5 Å². The van der Waals surface area contributed by atoms with Crippen molar-refractivity contribution in [3.05, 3.63) is 17.8 Å². The lowest BCUT2D eigenvalue weighted by Crippen LogP contribution is -2.08. The normalized spacial score (nSPS) is 10.3. The van der Waals surface area contributed by atoms with E-state index < -0.39 is 0 Å². The van der Waals surface area contributed by atoms with Crippen molar-refractivity contribution >= 4 is 5.69 Å². The molecule has 0 amide bonds. The smallest absolute Gasteiger partial charge is 0.215 e. The number of anilines is 1. The Bertz CT molecular complexity index is 303. The Balaban J connectivity index is 2.28. The maximum Gasteiger partial charge on any atom is 0.215 e. The summed E-state index contributed by atoms with van der Waals surface area (Å²) in [6.45, 7) is 5.85. The summed E-state index contributed by atoms with van der Waals surface area (Å²) in [7, 11) is 0. The van der Waals surface area contributed by atoms with Gasteiger partial charge in [-0.05, 0) is 18.9 Å². The van der Waals surface area contributed by atoms with Crippen molar-refractivity contribution in [3.8, 4) is 5.88 Å². The van der Waals surface area contributed by atoms with Crippen LogP contribution in [0.25, 0.3) is 0 Å². The average Bonchev–Trinajstić information content (AvgIpc) is 2.23. The van der Waals surface area contributed by atoms with E-state index in [1.54, 1.807) is 12.3 Å². The predicted molar refractivity (Wildman–Crippen MR) is 60.0 cm³/mol. The maximum atomic E-state index is 5.72. The molecular formula is C11H18N2O2. The molecule has 0 aliphatic rings. The lowest BCUT2D eigenvalue weighted by molar-refractivity contribution is 0.0990. The summed E-state index contributed by atoms with van der Waals surface area (Å²) in [4.78, 5) is 4.10. The molecule has 1 heterocycles. The van der Waals surface area contributed by atoms with Crippen molar-refractivity contribution in [2.45, 2.75) is 20.3 Å². The van der Waals surface area contributed by atoms with Crippen molar-refractivity contribution < 1.29 is 9.47 Å². The molecule has 0 atom stereocenters. The number of pyridine rings is 1. The monoisotopic (exact) mass is 210 g/mol. The highest BCUT2D eigenvalue weighted by Crippen LogP contribution is 2.15. The number of aromatic nitrogens is 1. The lowest BCUT2D eigenvalue weighted by Gasteiger charge is -2.07. The second-order valence-electron chi connectivity index (χ2n) is 3.34. The van der Waals surface area contributed by atoms with Gasteiger partial charge in [0.15, 0.2) is 0 Å². The molecule has 0 unspecified atom stereocenters. The summed E-state index contributed by atoms with van der Waals surface area (Å²) < 4.78 is 10.6. The molecule has 4 nitrogen and oxygen atoms in total. The van der Waals surface area contributed by atoms with Crippen LogP contribution in [0.3, 0.4) is 0 Å². The molecule has 15 heavy (non-hydrogen) atoms. The SMILES string of the molecule is CCCOCCOc1cc(N)c(C)cn1. The number of rotatable bonds is 6. The van der Waals surface area contributed by atoms with Gasteiger partial charge in [0.1, 0.15) is 6.61 Å². The van der Waals surface area contributed by atoms with Crippen molar-refractivity contribution in [1.82, 2.24) is 4.98 Å². The molecule has 0 bridgehead atoms. The first-order valence-corrected chi connectivity index (χ1v) is 5.16. The quantitative estimate of drug-likeness (QED) is 0.727. The van der Waals surface area contributed by atoms with Crippen LogP contribution in [0.1, 0.15) is 18.9 Å². The van der Waals surface area contributed by atoms with Crippen LogP contribution in [0.15, 0.2) is 12.3 Å². The molecule has 0 saturated heterocycles. The zero-order chi connectivity index (χ0) is 11.1. The Morgan fingerprint density at radius 3 is 2.80 bits per heavy atom. The van der Waals surface area contributed by atoms with Crippen molar-refractivity contribution in [3.63, 3.8) is 0 Å². The molecule has 84 valence electrons. The van der Waals surface area contributed by atoms with Crippen molar-refractivity contribution in [2.75, 3.05) is 25.6 Å². The molecule has 0 spiro atoms. The first-order valence-electron chi connectivity index (χ1n) is 5.16. The van der Waals surface area contributed by atoms with E-state index in [2.05, 4.69) is 11.9 Å². The maximum absolute atomic E-state index is 5.72. The summed E-state index contributed by atoms with van der Waals surface area (Å²) in [5.74, 6) is 0.554. The highest BCUT2D eigenvalue weighted by atomic mass is 16.5. The van der Waals surface area contributed by atoms with Gasteiger partial charge in [-0.15, -0.1) is 0 Å². The highest BCUT2D eigenvalue weighted by Gasteiger charge is 1.98. The second kappa shape index (κ2) is 6.24. The first kappa shape index (κ1) is 11.8. The van der Waals surface area contributed by atoms with Crippen LogP contribution in [0, 0.1) is 6.92 Å². The molecule has 0 aliphatic carbocycles. The zero-order valence-corrected chi connectivity index (χ0v) is 9.32. The number of hydrogen-bond acceptors (Lipinski definition) is 4. The van der Waals surface area contributed by atoms with E-state index in [0.717, 1.165) is 18.6 Å². The van der Waals surface area contributed by atoms with Gasteiger partial charge in [-0.2, -0.15) is 0 Å². The third kappa shape index (κ3) is 4.16. The van der Waals surface area contributed by atoms with Crippen LogP contribution >= 0.6 is 0 Å². The molecule has 2 N–H and O–H groups in total. The van der Waals surface area contributed by atoms with Crippen LogP contribution in [0.5, 0.6) is 5.88 Å². The molecule has 1 aromatic rings. The van der Waals surface area contributed by atoms with Gasteiger partial charge in [0.25, 0.3) is 0 Å². The number of aryl methyl sites for hydroxylation is 1. The number of nitrogens with two attached hydrogens (primary N) is 1. The van der Waals surface area contributed by atoms with Gasteiger partial charge in [0.05, 0.1) is 6.61 Å². The fraction of sp³-hybridized carbons (Fsp3) is 0.545. The van der Waals surface area contributed by atoms with Crippen LogP contribution in [-0.2, 0) is 4.74 Å². The standard InChI is InChI=1S/C11H18N2O2/c1-3-4-14-5-6-15-11-7-10(12)9(2)8-13-11/h7-8H,3-6H2,1-2H3,(H2,12,13). The third-order valence-corrected chi connectivity index (χ3v) is 1.95. The van der Waals surface area contributed by atoms with E-state index >= 15 is 0 Å². The fourth-order valence-electron chi connectivity index (χ4n) is 1.05. The van der Waals surface area contributed by atoms with Gasteiger partial charge < -0.3 is 15.2 Å².